The molecule has 1 aromatic rings. The molecular weight excluding hydrogens is 232 g/mol. The van der Waals surface area contributed by atoms with Crippen molar-refractivity contribution in [3.8, 4) is 0 Å². The van der Waals surface area contributed by atoms with Gasteiger partial charge in [-0.1, -0.05) is 12.1 Å². The van der Waals surface area contributed by atoms with E-state index in [1.165, 1.54) is 0 Å². The Bertz CT molecular complexity index is 455. The minimum absolute atomic E-state index is 0.131. The number of carboxylic acids is 1. The van der Waals surface area contributed by atoms with Gasteiger partial charge in [-0.3, -0.25) is 4.79 Å². The zero-order valence-corrected chi connectivity index (χ0v) is 10.8. The van der Waals surface area contributed by atoms with Crippen LogP contribution in [0.3, 0.4) is 0 Å². The molecule has 0 unspecified atom stereocenters. The number of nitrogens with one attached hydrogen (secondary N) is 2. The zero-order chi connectivity index (χ0) is 13.8. The Morgan fingerprint density at radius 3 is 2.56 bits per heavy atom. The second kappa shape index (κ2) is 5.53. The Morgan fingerprint density at radius 2 is 2.00 bits per heavy atom. The number of carbonyl (C=O) groups is 2. The fourth-order valence-electron chi connectivity index (χ4n) is 1.61. The van der Waals surface area contributed by atoms with E-state index in [0.29, 0.717) is 5.69 Å². The second-order valence-electron chi connectivity index (χ2n) is 4.90. The smallest absolute Gasteiger partial charge is 0.319 e. The van der Waals surface area contributed by atoms with Crippen LogP contribution in [0.5, 0.6) is 0 Å². The summed E-state index contributed by atoms with van der Waals surface area (Å²) in [5.74, 6) is -0.948. The van der Waals surface area contributed by atoms with Crippen molar-refractivity contribution in [2.45, 2.75) is 32.7 Å². The van der Waals surface area contributed by atoms with Crippen LogP contribution in [0.4, 0.5) is 10.5 Å². The number of rotatable bonds is 4. The lowest BCUT2D eigenvalue weighted by Gasteiger charge is -2.24. The minimum atomic E-state index is -0.948. The molecule has 0 atom stereocenters. The van der Waals surface area contributed by atoms with E-state index in [1.807, 2.05) is 25.1 Å². The molecule has 0 aromatic heterocycles. The maximum Gasteiger partial charge on any atom is 0.319 e. The zero-order valence-electron chi connectivity index (χ0n) is 10.8. The van der Waals surface area contributed by atoms with Crippen LogP contribution in [-0.4, -0.2) is 22.6 Å². The molecule has 0 heterocycles. The van der Waals surface area contributed by atoms with Crippen LogP contribution < -0.4 is 10.6 Å². The number of carbonyl (C=O) groups excluding carboxylic acids is 1. The second-order valence-corrected chi connectivity index (χ2v) is 4.90. The molecule has 1 rings (SSSR count). The van der Waals surface area contributed by atoms with Gasteiger partial charge < -0.3 is 15.7 Å². The molecule has 0 fully saturated rings. The molecule has 5 heteroatoms. The van der Waals surface area contributed by atoms with Gasteiger partial charge in [0.1, 0.15) is 0 Å². The maximum absolute atomic E-state index is 11.7. The van der Waals surface area contributed by atoms with Gasteiger partial charge in [-0.25, -0.2) is 4.79 Å². The normalized spacial score (nSPS) is 10.8. The van der Waals surface area contributed by atoms with Crippen molar-refractivity contribution in [1.29, 1.82) is 0 Å². The summed E-state index contributed by atoms with van der Waals surface area (Å²) < 4.78 is 0. The average Bonchev–Trinajstić information content (AvgIpc) is 2.13. The van der Waals surface area contributed by atoms with Crippen LogP contribution in [0, 0.1) is 6.92 Å². The third kappa shape index (κ3) is 4.86. The molecule has 0 spiro atoms. The highest BCUT2D eigenvalue weighted by molar-refractivity contribution is 5.90. The number of anilines is 1. The third-order valence-corrected chi connectivity index (χ3v) is 2.32. The van der Waals surface area contributed by atoms with Gasteiger partial charge in [0.25, 0.3) is 0 Å². The van der Waals surface area contributed by atoms with Crippen LogP contribution in [0.2, 0.25) is 0 Å². The van der Waals surface area contributed by atoms with Crippen molar-refractivity contribution in [2.24, 2.45) is 0 Å². The molecular formula is C13H18N2O3. The van der Waals surface area contributed by atoms with E-state index in [1.54, 1.807) is 19.9 Å². The van der Waals surface area contributed by atoms with E-state index < -0.39 is 17.5 Å². The first kappa shape index (κ1) is 14.0. The molecule has 18 heavy (non-hydrogen) atoms. The van der Waals surface area contributed by atoms with Crippen molar-refractivity contribution in [2.75, 3.05) is 5.32 Å². The Morgan fingerprint density at radius 1 is 1.33 bits per heavy atom. The SMILES string of the molecule is Cc1cccc(NC(=O)NC(C)(C)CC(=O)O)c1. The third-order valence-electron chi connectivity index (χ3n) is 2.32. The minimum Gasteiger partial charge on any atom is -0.481 e. The van der Waals surface area contributed by atoms with E-state index in [9.17, 15) is 9.59 Å². The van der Waals surface area contributed by atoms with Gasteiger partial charge in [-0.05, 0) is 38.5 Å². The molecule has 0 aliphatic carbocycles. The number of amides is 2. The number of hydrogen-bond donors (Lipinski definition) is 3. The monoisotopic (exact) mass is 250 g/mol. The fourth-order valence-corrected chi connectivity index (χ4v) is 1.61. The van der Waals surface area contributed by atoms with Gasteiger partial charge in [0.15, 0.2) is 0 Å². The van der Waals surface area contributed by atoms with Gasteiger partial charge in [-0.15, -0.1) is 0 Å². The fraction of sp³-hybridized carbons (Fsp3) is 0.385. The van der Waals surface area contributed by atoms with Crippen LogP contribution in [0.15, 0.2) is 24.3 Å². The summed E-state index contributed by atoms with van der Waals surface area (Å²) in [7, 11) is 0. The molecule has 0 saturated carbocycles. The molecule has 0 bridgehead atoms. The average molecular weight is 250 g/mol. The van der Waals surface area contributed by atoms with Gasteiger partial charge in [0, 0.05) is 11.2 Å². The van der Waals surface area contributed by atoms with E-state index in [-0.39, 0.29) is 6.42 Å². The molecule has 0 radical (unpaired) electrons. The number of aliphatic carboxylic acids is 1. The highest BCUT2D eigenvalue weighted by Crippen LogP contribution is 2.11. The van der Waals surface area contributed by atoms with Crippen LogP contribution in [0.1, 0.15) is 25.8 Å². The highest BCUT2D eigenvalue weighted by Gasteiger charge is 2.23. The van der Waals surface area contributed by atoms with Crippen molar-refractivity contribution >= 4 is 17.7 Å². The molecule has 0 aliphatic rings. The van der Waals surface area contributed by atoms with Crippen molar-refractivity contribution in [3.63, 3.8) is 0 Å². The molecule has 0 saturated heterocycles. The van der Waals surface area contributed by atoms with Gasteiger partial charge in [0.05, 0.1) is 6.42 Å². The first-order valence-corrected chi connectivity index (χ1v) is 5.66. The summed E-state index contributed by atoms with van der Waals surface area (Å²) in [6.07, 6.45) is -0.131. The van der Waals surface area contributed by atoms with Gasteiger partial charge in [-0.2, -0.15) is 0 Å². The number of hydrogen-bond acceptors (Lipinski definition) is 2. The lowest BCUT2D eigenvalue weighted by molar-refractivity contribution is -0.138. The van der Waals surface area contributed by atoms with Crippen molar-refractivity contribution < 1.29 is 14.7 Å². The predicted octanol–water partition coefficient (Wildman–Crippen LogP) is 2.37. The Hall–Kier alpha value is -2.04. The van der Waals surface area contributed by atoms with Gasteiger partial charge in [0.2, 0.25) is 0 Å². The van der Waals surface area contributed by atoms with E-state index in [4.69, 9.17) is 5.11 Å². The summed E-state index contributed by atoms with van der Waals surface area (Å²) in [6, 6.07) is 6.97. The first-order valence-electron chi connectivity index (χ1n) is 5.66. The number of urea groups is 1. The first-order chi connectivity index (χ1) is 8.28. The van der Waals surface area contributed by atoms with Crippen LogP contribution in [-0.2, 0) is 4.79 Å². The molecule has 1 aromatic carbocycles. The summed E-state index contributed by atoms with van der Waals surface area (Å²) in [6.45, 7) is 5.26. The summed E-state index contributed by atoms with van der Waals surface area (Å²) >= 11 is 0. The van der Waals surface area contributed by atoms with E-state index in [0.717, 1.165) is 5.56 Å². The largest absolute Gasteiger partial charge is 0.481 e. The number of carboxylic acid groups (broad SMARTS) is 1. The van der Waals surface area contributed by atoms with Crippen LogP contribution in [0.25, 0.3) is 0 Å². The van der Waals surface area contributed by atoms with Gasteiger partial charge >= 0.3 is 12.0 Å². The Balaban J connectivity index is 2.59. The maximum atomic E-state index is 11.7. The number of benzene rings is 1. The predicted molar refractivity (Wildman–Crippen MR) is 69.7 cm³/mol. The molecule has 0 aliphatic heterocycles. The quantitative estimate of drug-likeness (QED) is 0.767. The summed E-state index contributed by atoms with van der Waals surface area (Å²) in [5.41, 5.74) is 0.927. The lowest BCUT2D eigenvalue weighted by atomic mass is 10.0. The molecule has 3 N–H and O–H groups in total. The van der Waals surface area contributed by atoms with Crippen LogP contribution >= 0.6 is 0 Å². The summed E-state index contributed by atoms with van der Waals surface area (Å²) in [4.78, 5) is 22.3. The lowest BCUT2D eigenvalue weighted by Crippen LogP contribution is -2.46. The topological polar surface area (TPSA) is 78.4 Å². The molecule has 5 nitrogen and oxygen atoms in total. The van der Waals surface area contributed by atoms with Crippen molar-refractivity contribution in [1.82, 2.24) is 5.32 Å². The standard InChI is InChI=1S/C13H18N2O3/c1-9-5-4-6-10(7-9)14-12(18)15-13(2,3)8-11(16)17/h4-7H,8H2,1-3H3,(H,16,17)(H2,14,15,18). The molecule has 98 valence electrons. The van der Waals surface area contributed by atoms with E-state index in [2.05, 4.69) is 10.6 Å². The highest BCUT2D eigenvalue weighted by atomic mass is 16.4. The Labute approximate surface area is 106 Å². The van der Waals surface area contributed by atoms with Crippen molar-refractivity contribution in [3.05, 3.63) is 29.8 Å². The number of aryl methyl sites for hydroxylation is 1. The van der Waals surface area contributed by atoms with E-state index >= 15 is 0 Å². The summed E-state index contributed by atoms with van der Waals surface area (Å²) in [5, 5.41) is 14.0. The molecule has 2 amide bonds. The Kier molecular flexibility index (Phi) is 4.31.